The first-order valence-electron chi connectivity index (χ1n) is 5.77. The fourth-order valence-electron chi connectivity index (χ4n) is 1.93. The number of imide groups is 1. The summed E-state index contributed by atoms with van der Waals surface area (Å²) in [5, 5.41) is 15.2. The van der Waals surface area contributed by atoms with Crippen molar-refractivity contribution in [2.75, 3.05) is 11.4 Å². The van der Waals surface area contributed by atoms with Gasteiger partial charge in [-0.1, -0.05) is 6.07 Å². The SMILES string of the molecule is O=C1CCN(c2nc3cccc(C(=O)O)n3n2)C(=O)N1. The Bertz CT molecular complexity index is 737. The zero-order chi connectivity index (χ0) is 14.3. The second-order valence-electron chi connectivity index (χ2n) is 4.15. The number of aromatic nitrogens is 3. The number of hydrogen-bond donors (Lipinski definition) is 2. The summed E-state index contributed by atoms with van der Waals surface area (Å²) in [6.07, 6.45) is 0.146. The van der Waals surface area contributed by atoms with Gasteiger partial charge in [0.15, 0.2) is 11.3 Å². The van der Waals surface area contributed by atoms with Gasteiger partial charge in [-0.15, -0.1) is 5.10 Å². The van der Waals surface area contributed by atoms with E-state index in [4.69, 9.17) is 5.11 Å². The number of fused-ring (bicyclic) bond motifs is 1. The van der Waals surface area contributed by atoms with E-state index < -0.39 is 12.0 Å². The van der Waals surface area contributed by atoms with Gasteiger partial charge in [-0.2, -0.15) is 4.98 Å². The lowest BCUT2D eigenvalue weighted by molar-refractivity contribution is -0.120. The molecule has 0 saturated carbocycles. The van der Waals surface area contributed by atoms with Crippen molar-refractivity contribution in [3.05, 3.63) is 23.9 Å². The van der Waals surface area contributed by atoms with Gasteiger partial charge in [-0.25, -0.2) is 14.1 Å². The molecule has 20 heavy (non-hydrogen) atoms. The van der Waals surface area contributed by atoms with Crippen LogP contribution in [0.25, 0.3) is 5.65 Å². The molecule has 2 N–H and O–H groups in total. The Hall–Kier alpha value is -2.97. The van der Waals surface area contributed by atoms with Gasteiger partial charge in [0.1, 0.15) is 0 Å². The van der Waals surface area contributed by atoms with E-state index in [-0.39, 0.29) is 30.5 Å². The minimum absolute atomic E-state index is 0.0590. The number of nitrogens with one attached hydrogen (secondary N) is 1. The van der Waals surface area contributed by atoms with E-state index in [1.54, 1.807) is 6.07 Å². The maximum atomic E-state index is 11.7. The van der Waals surface area contributed by atoms with Crippen LogP contribution in [0.2, 0.25) is 0 Å². The molecule has 0 unspecified atom stereocenters. The fraction of sp³-hybridized carbons (Fsp3) is 0.182. The zero-order valence-electron chi connectivity index (χ0n) is 10.1. The molecule has 3 heterocycles. The topological polar surface area (TPSA) is 117 Å². The van der Waals surface area contributed by atoms with E-state index in [2.05, 4.69) is 15.4 Å². The van der Waals surface area contributed by atoms with Crippen molar-refractivity contribution in [3.8, 4) is 0 Å². The Morgan fingerprint density at radius 3 is 2.85 bits per heavy atom. The number of nitrogens with zero attached hydrogens (tertiary/aromatic N) is 4. The van der Waals surface area contributed by atoms with Crippen LogP contribution in [0.5, 0.6) is 0 Å². The predicted octanol–water partition coefficient (Wildman–Crippen LogP) is -0.126. The molecule has 9 heteroatoms. The first-order chi connectivity index (χ1) is 9.56. The van der Waals surface area contributed by atoms with Gasteiger partial charge < -0.3 is 5.11 Å². The highest BCUT2D eigenvalue weighted by atomic mass is 16.4. The Morgan fingerprint density at radius 1 is 1.35 bits per heavy atom. The van der Waals surface area contributed by atoms with E-state index in [9.17, 15) is 14.4 Å². The number of anilines is 1. The Morgan fingerprint density at radius 2 is 2.15 bits per heavy atom. The Kier molecular flexibility index (Phi) is 2.60. The fourth-order valence-corrected chi connectivity index (χ4v) is 1.93. The lowest BCUT2D eigenvalue weighted by Crippen LogP contribution is -2.50. The van der Waals surface area contributed by atoms with Crippen molar-refractivity contribution in [3.63, 3.8) is 0 Å². The Labute approximate surface area is 111 Å². The van der Waals surface area contributed by atoms with E-state index in [1.165, 1.54) is 17.0 Å². The normalized spacial score (nSPS) is 15.5. The average molecular weight is 275 g/mol. The van der Waals surface area contributed by atoms with Crippen LogP contribution in [0.4, 0.5) is 10.7 Å². The van der Waals surface area contributed by atoms with Crippen LogP contribution in [-0.2, 0) is 4.79 Å². The highest BCUT2D eigenvalue weighted by Gasteiger charge is 2.27. The highest BCUT2D eigenvalue weighted by Crippen LogP contribution is 2.15. The van der Waals surface area contributed by atoms with Crippen molar-refractivity contribution in [2.24, 2.45) is 0 Å². The third kappa shape index (κ3) is 1.85. The molecular weight excluding hydrogens is 266 g/mol. The molecule has 1 saturated heterocycles. The molecule has 9 nitrogen and oxygen atoms in total. The largest absolute Gasteiger partial charge is 0.477 e. The number of rotatable bonds is 2. The van der Waals surface area contributed by atoms with Crippen LogP contribution in [-0.4, -0.2) is 44.2 Å². The van der Waals surface area contributed by atoms with Gasteiger partial charge in [0.2, 0.25) is 5.91 Å². The second kappa shape index (κ2) is 4.30. The van der Waals surface area contributed by atoms with Crippen LogP contribution < -0.4 is 10.2 Å². The number of aromatic carboxylic acids is 1. The molecule has 0 atom stereocenters. The molecule has 2 aromatic heterocycles. The number of carboxylic acid groups (broad SMARTS) is 1. The minimum Gasteiger partial charge on any atom is -0.477 e. The van der Waals surface area contributed by atoms with E-state index >= 15 is 0 Å². The summed E-state index contributed by atoms with van der Waals surface area (Å²) < 4.78 is 1.14. The van der Waals surface area contributed by atoms with E-state index in [0.29, 0.717) is 5.65 Å². The highest BCUT2D eigenvalue weighted by molar-refractivity contribution is 6.04. The first kappa shape index (κ1) is 12.1. The summed E-state index contributed by atoms with van der Waals surface area (Å²) >= 11 is 0. The number of carboxylic acids is 1. The van der Waals surface area contributed by atoms with Crippen molar-refractivity contribution in [1.82, 2.24) is 19.9 Å². The molecule has 2 aromatic rings. The van der Waals surface area contributed by atoms with Crippen molar-refractivity contribution in [1.29, 1.82) is 0 Å². The van der Waals surface area contributed by atoms with Crippen LogP contribution in [0, 0.1) is 0 Å². The molecule has 3 amide bonds. The molecule has 102 valence electrons. The number of pyridine rings is 1. The zero-order valence-corrected chi connectivity index (χ0v) is 10.1. The molecule has 1 aliphatic heterocycles. The number of amides is 3. The molecule has 0 aliphatic carbocycles. The van der Waals surface area contributed by atoms with Crippen molar-refractivity contribution < 1.29 is 19.5 Å². The van der Waals surface area contributed by atoms with Crippen LogP contribution >= 0.6 is 0 Å². The smallest absolute Gasteiger partial charge is 0.354 e. The third-order valence-electron chi connectivity index (χ3n) is 2.86. The summed E-state index contributed by atoms with van der Waals surface area (Å²) in [6, 6.07) is 3.88. The van der Waals surface area contributed by atoms with Gasteiger partial charge in [-0.05, 0) is 12.1 Å². The monoisotopic (exact) mass is 275 g/mol. The number of carbonyl (C=O) groups excluding carboxylic acids is 2. The molecule has 1 fully saturated rings. The summed E-state index contributed by atoms with van der Waals surface area (Å²) in [5.74, 6) is -1.45. The van der Waals surface area contributed by atoms with Gasteiger partial charge in [0.25, 0.3) is 5.95 Å². The summed E-state index contributed by atoms with van der Waals surface area (Å²) in [7, 11) is 0. The van der Waals surface area contributed by atoms with Crippen molar-refractivity contribution in [2.45, 2.75) is 6.42 Å². The van der Waals surface area contributed by atoms with Crippen LogP contribution in [0.1, 0.15) is 16.9 Å². The molecule has 0 bridgehead atoms. The summed E-state index contributed by atoms with van der Waals surface area (Å²) in [6.45, 7) is 0.157. The molecule has 3 rings (SSSR count). The molecule has 0 radical (unpaired) electrons. The standard InChI is InChI=1S/C11H9N5O4/c17-8-4-5-15(11(20)13-8)10-12-7-3-1-2-6(9(18)19)16(7)14-10/h1-3H,4-5H2,(H,18,19)(H,13,17,20). The Balaban J connectivity index is 2.05. The lowest BCUT2D eigenvalue weighted by Gasteiger charge is -2.22. The predicted molar refractivity (Wildman–Crippen MR) is 65.4 cm³/mol. The first-order valence-corrected chi connectivity index (χ1v) is 5.77. The second-order valence-corrected chi connectivity index (χ2v) is 4.15. The van der Waals surface area contributed by atoms with Crippen LogP contribution in [0.3, 0.4) is 0 Å². The van der Waals surface area contributed by atoms with Gasteiger partial charge in [0, 0.05) is 13.0 Å². The maximum absolute atomic E-state index is 11.7. The van der Waals surface area contributed by atoms with E-state index in [0.717, 1.165) is 4.52 Å². The molecular formula is C11H9N5O4. The lowest BCUT2D eigenvalue weighted by atomic mass is 10.3. The molecule has 0 spiro atoms. The van der Waals surface area contributed by atoms with Gasteiger partial charge in [0.05, 0.1) is 0 Å². The quantitative estimate of drug-likeness (QED) is 0.788. The van der Waals surface area contributed by atoms with E-state index in [1.807, 2.05) is 0 Å². The van der Waals surface area contributed by atoms with Gasteiger partial charge in [-0.3, -0.25) is 15.0 Å². The van der Waals surface area contributed by atoms with Gasteiger partial charge >= 0.3 is 12.0 Å². The summed E-state index contributed by atoms with van der Waals surface area (Å²) in [4.78, 5) is 39.1. The minimum atomic E-state index is -1.15. The molecule has 1 aliphatic rings. The average Bonchev–Trinajstić information content (AvgIpc) is 2.81. The maximum Gasteiger partial charge on any atom is 0.354 e. The number of urea groups is 1. The molecule has 0 aromatic carbocycles. The summed E-state index contributed by atoms with van der Waals surface area (Å²) in [5.41, 5.74) is 0.249. The number of hydrogen-bond acceptors (Lipinski definition) is 5. The van der Waals surface area contributed by atoms with Crippen LogP contribution in [0.15, 0.2) is 18.2 Å². The van der Waals surface area contributed by atoms with Crippen molar-refractivity contribution >= 4 is 29.5 Å². The third-order valence-corrected chi connectivity index (χ3v) is 2.86. The number of carbonyl (C=O) groups is 3.